The molecule has 9 heteroatoms. The summed E-state index contributed by atoms with van der Waals surface area (Å²) in [5.41, 5.74) is 8.08. The van der Waals surface area contributed by atoms with Crippen LogP contribution < -0.4 is 11.1 Å². The van der Waals surface area contributed by atoms with E-state index < -0.39 is 5.91 Å². The van der Waals surface area contributed by atoms with E-state index in [1.165, 1.54) is 28.0 Å². The Morgan fingerprint density at radius 1 is 1.12 bits per heavy atom. The smallest absolute Gasteiger partial charge is 0.266 e. The number of hydrogen-bond acceptors (Lipinski definition) is 6. The lowest BCUT2D eigenvalue weighted by atomic mass is 9.95. The van der Waals surface area contributed by atoms with Gasteiger partial charge < -0.3 is 11.1 Å². The van der Waals surface area contributed by atoms with Gasteiger partial charge in [0.25, 0.3) is 11.8 Å². The molecule has 1 saturated heterocycles. The highest BCUT2D eigenvalue weighted by atomic mass is 32.2. The first-order valence-corrected chi connectivity index (χ1v) is 13.5. The van der Waals surface area contributed by atoms with Gasteiger partial charge in [-0.05, 0) is 55.7 Å². The van der Waals surface area contributed by atoms with Gasteiger partial charge in [0.05, 0.1) is 10.5 Å². The van der Waals surface area contributed by atoms with Crippen LogP contribution in [0.2, 0.25) is 0 Å². The Morgan fingerprint density at radius 3 is 2.65 bits per heavy atom. The summed E-state index contributed by atoms with van der Waals surface area (Å²) in [6, 6.07) is 9.71. The predicted octanol–water partition coefficient (Wildman–Crippen LogP) is 5.13. The van der Waals surface area contributed by atoms with Crippen LogP contribution in [0, 0.1) is 0 Å². The summed E-state index contributed by atoms with van der Waals surface area (Å²) in [5, 5.41) is 3.50. The van der Waals surface area contributed by atoms with Gasteiger partial charge in [-0.2, -0.15) is 0 Å². The van der Waals surface area contributed by atoms with Gasteiger partial charge in [-0.1, -0.05) is 60.7 Å². The van der Waals surface area contributed by atoms with E-state index in [4.69, 9.17) is 18.0 Å². The largest absolute Gasteiger partial charge is 0.365 e. The highest BCUT2D eigenvalue weighted by Crippen LogP contribution is 2.38. The molecule has 3 amide bonds. The second kappa shape index (κ2) is 11.3. The molecule has 2 heterocycles. The fourth-order valence-electron chi connectivity index (χ4n) is 4.23. The highest BCUT2D eigenvalue weighted by molar-refractivity contribution is 8.26. The number of rotatable bonds is 9. The molecule has 0 saturated carbocycles. The Kier molecular flexibility index (Phi) is 8.18. The lowest BCUT2D eigenvalue weighted by molar-refractivity contribution is -0.122. The second-order valence-corrected chi connectivity index (χ2v) is 11.2. The van der Waals surface area contributed by atoms with E-state index in [0.29, 0.717) is 39.2 Å². The van der Waals surface area contributed by atoms with E-state index in [9.17, 15) is 14.4 Å². The number of amides is 3. The van der Waals surface area contributed by atoms with Crippen molar-refractivity contribution in [1.29, 1.82) is 0 Å². The van der Waals surface area contributed by atoms with Crippen LogP contribution in [-0.4, -0.2) is 33.5 Å². The Balaban J connectivity index is 1.23. The van der Waals surface area contributed by atoms with Crippen LogP contribution in [0.3, 0.4) is 0 Å². The van der Waals surface area contributed by atoms with Crippen LogP contribution in [0.15, 0.2) is 35.2 Å². The van der Waals surface area contributed by atoms with Crippen LogP contribution in [0.5, 0.6) is 0 Å². The zero-order valence-electron chi connectivity index (χ0n) is 18.8. The summed E-state index contributed by atoms with van der Waals surface area (Å²) in [6.45, 7) is 0.544. The number of thiocarbonyl (C=S) groups is 1. The zero-order chi connectivity index (χ0) is 24.1. The summed E-state index contributed by atoms with van der Waals surface area (Å²) < 4.78 is 0.575. The summed E-state index contributed by atoms with van der Waals surface area (Å²) in [5.74, 6) is -0.644. The summed E-state index contributed by atoms with van der Waals surface area (Å²) >= 11 is 8.21. The van der Waals surface area contributed by atoms with Crippen LogP contribution in [0.25, 0.3) is 6.08 Å². The number of hydrogen-bond donors (Lipinski definition) is 2. The molecule has 0 radical (unpaired) electrons. The standard InChI is InChI=1S/C25H27N3O3S3/c26-22(30)21-17-11-6-7-12-18(17)33-23(21)27-20(29)13-5-2-8-14-28-24(31)19(34-25(28)32)15-16-9-3-1-4-10-16/h1,3-4,9-10,15H,2,5-8,11-14H2,(H2,26,30)(H,27,29). The normalized spacial score (nSPS) is 16.7. The SMILES string of the molecule is NC(=O)c1c(NC(=O)CCCCCN2C(=O)C(=Cc3ccccc3)SC2=S)sc2c1CCCC2. The molecular formula is C25H27N3O3S3. The molecule has 3 N–H and O–H groups in total. The fraction of sp³-hybridized carbons (Fsp3) is 0.360. The maximum Gasteiger partial charge on any atom is 0.266 e. The molecule has 0 unspecified atom stereocenters. The molecule has 0 bridgehead atoms. The number of carbonyl (C=O) groups excluding carboxylic acids is 3. The maximum absolute atomic E-state index is 12.7. The lowest BCUT2D eigenvalue weighted by Crippen LogP contribution is -2.29. The highest BCUT2D eigenvalue weighted by Gasteiger charge is 2.31. The summed E-state index contributed by atoms with van der Waals surface area (Å²) in [4.78, 5) is 40.6. The van der Waals surface area contributed by atoms with E-state index in [2.05, 4.69) is 5.32 Å². The minimum Gasteiger partial charge on any atom is -0.365 e. The third-order valence-electron chi connectivity index (χ3n) is 5.93. The first-order valence-electron chi connectivity index (χ1n) is 11.5. The monoisotopic (exact) mass is 513 g/mol. The van der Waals surface area contributed by atoms with E-state index in [1.807, 2.05) is 36.4 Å². The van der Waals surface area contributed by atoms with Crippen molar-refractivity contribution in [3.05, 3.63) is 56.8 Å². The van der Waals surface area contributed by atoms with Gasteiger partial charge >= 0.3 is 0 Å². The molecule has 6 nitrogen and oxygen atoms in total. The first-order chi connectivity index (χ1) is 16.4. The molecule has 0 spiro atoms. The molecular weight excluding hydrogens is 486 g/mol. The van der Waals surface area contributed by atoms with Gasteiger partial charge in [-0.15, -0.1) is 11.3 Å². The van der Waals surface area contributed by atoms with Crippen molar-refractivity contribution in [3.8, 4) is 0 Å². The number of nitrogens with one attached hydrogen (secondary N) is 1. The quantitative estimate of drug-likeness (QED) is 0.276. The third kappa shape index (κ3) is 5.76. The number of thioether (sulfide) groups is 1. The Morgan fingerprint density at radius 2 is 1.88 bits per heavy atom. The molecule has 34 heavy (non-hydrogen) atoms. The number of fused-ring (bicyclic) bond motifs is 1. The molecule has 1 aliphatic heterocycles. The maximum atomic E-state index is 12.7. The lowest BCUT2D eigenvalue weighted by Gasteiger charge is -2.14. The zero-order valence-corrected chi connectivity index (χ0v) is 21.3. The Labute approximate surface area is 213 Å². The molecule has 0 atom stereocenters. The van der Waals surface area contributed by atoms with E-state index in [0.717, 1.165) is 49.7 Å². The average molecular weight is 514 g/mol. The first kappa shape index (κ1) is 24.6. The van der Waals surface area contributed by atoms with Crippen molar-refractivity contribution in [1.82, 2.24) is 4.90 Å². The van der Waals surface area contributed by atoms with Crippen molar-refractivity contribution in [3.63, 3.8) is 0 Å². The van der Waals surface area contributed by atoms with Crippen molar-refractivity contribution in [2.75, 3.05) is 11.9 Å². The number of nitrogens with two attached hydrogens (primary N) is 1. The number of primary amides is 1. The van der Waals surface area contributed by atoms with Crippen molar-refractivity contribution in [2.45, 2.75) is 51.4 Å². The van der Waals surface area contributed by atoms with Crippen LogP contribution in [0.4, 0.5) is 5.00 Å². The molecule has 4 rings (SSSR count). The van der Waals surface area contributed by atoms with Crippen LogP contribution in [0.1, 0.15) is 64.9 Å². The number of anilines is 1. The van der Waals surface area contributed by atoms with E-state index in [-0.39, 0.29) is 11.8 Å². The Hall–Kier alpha value is -2.49. The van der Waals surface area contributed by atoms with Gasteiger partial charge in [-0.3, -0.25) is 19.3 Å². The molecule has 1 aromatic carbocycles. The van der Waals surface area contributed by atoms with Gasteiger partial charge in [0.1, 0.15) is 9.32 Å². The Bertz CT molecular complexity index is 1140. The molecule has 1 aliphatic carbocycles. The third-order valence-corrected chi connectivity index (χ3v) is 8.51. The second-order valence-electron chi connectivity index (χ2n) is 8.38. The fourth-order valence-corrected chi connectivity index (χ4v) is 6.85. The minimum absolute atomic E-state index is 0.0581. The molecule has 1 aromatic heterocycles. The number of benzene rings is 1. The number of thiophene rings is 1. The summed E-state index contributed by atoms with van der Waals surface area (Å²) in [6.07, 6.45) is 8.40. The van der Waals surface area contributed by atoms with Crippen LogP contribution in [-0.2, 0) is 22.4 Å². The molecule has 1 fully saturated rings. The molecule has 2 aliphatic rings. The van der Waals surface area contributed by atoms with Gasteiger partial charge in [0.2, 0.25) is 5.91 Å². The van der Waals surface area contributed by atoms with E-state index in [1.54, 1.807) is 4.90 Å². The summed E-state index contributed by atoms with van der Waals surface area (Å²) in [7, 11) is 0. The van der Waals surface area contributed by atoms with Crippen molar-refractivity contribution in [2.24, 2.45) is 5.73 Å². The number of aryl methyl sites for hydroxylation is 1. The molecule has 178 valence electrons. The number of carbonyl (C=O) groups is 3. The number of unbranched alkanes of at least 4 members (excludes halogenated alkanes) is 2. The van der Waals surface area contributed by atoms with Crippen molar-refractivity contribution >= 4 is 68.4 Å². The topological polar surface area (TPSA) is 92.5 Å². The van der Waals surface area contributed by atoms with E-state index >= 15 is 0 Å². The molecule has 2 aromatic rings. The van der Waals surface area contributed by atoms with Crippen molar-refractivity contribution < 1.29 is 14.4 Å². The minimum atomic E-state index is -0.473. The van der Waals surface area contributed by atoms with Gasteiger partial charge in [0.15, 0.2) is 0 Å². The predicted molar refractivity (Wildman–Crippen MR) is 143 cm³/mol. The average Bonchev–Trinajstić information content (AvgIpc) is 3.31. The number of nitrogens with zero attached hydrogens (tertiary/aromatic N) is 1. The van der Waals surface area contributed by atoms with Crippen LogP contribution >= 0.6 is 35.3 Å². The van der Waals surface area contributed by atoms with Gasteiger partial charge in [-0.25, -0.2) is 0 Å². The van der Waals surface area contributed by atoms with Gasteiger partial charge in [0, 0.05) is 17.8 Å².